The predicted molar refractivity (Wildman–Crippen MR) is 131 cm³/mol. The van der Waals surface area contributed by atoms with Crippen LogP contribution in [0.25, 0.3) is 11.5 Å². The number of alkyl halides is 2. The van der Waals surface area contributed by atoms with Gasteiger partial charge in [-0.3, -0.25) is 14.2 Å². The third-order valence-corrected chi connectivity index (χ3v) is 7.97. The number of aromatic nitrogens is 3. The summed E-state index contributed by atoms with van der Waals surface area (Å²) in [6.07, 6.45) is -1.37. The molecule has 1 aromatic carbocycles. The Hall–Kier alpha value is -2.51. The third-order valence-electron chi connectivity index (χ3n) is 6.24. The van der Waals surface area contributed by atoms with Crippen molar-refractivity contribution in [3.05, 3.63) is 59.2 Å². The number of ether oxygens (including phenoxy) is 1. The first-order chi connectivity index (χ1) is 17.4. The molecule has 2 aromatic heterocycles. The molecular formula is C23H25ClF2N6O3S. The normalized spacial score (nSPS) is 20.4. The average Bonchev–Trinajstić information content (AvgIpc) is 3.33. The molecule has 0 bridgehead atoms. The second-order valence-corrected chi connectivity index (χ2v) is 10.6. The van der Waals surface area contributed by atoms with Crippen molar-refractivity contribution in [2.75, 3.05) is 37.2 Å². The average molecular weight is 539 g/mol. The summed E-state index contributed by atoms with van der Waals surface area (Å²) in [7, 11) is 0. The fraction of sp³-hybridized carbons (Fsp3) is 0.435. The van der Waals surface area contributed by atoms with Crippen LogP contribution in [0.3, 0.4) is 0 Å². The van der Waals surface area contributed by atoms with E-state index in [4.69, 9.17) is 20.8 Å². The zero-order valence-corrected chi connectivity index (χ0v) is 21.0. The molecule has 2 fully saturated rings. The lowest BCUT2D eigenvalue weighted by Crippen LogP contribution is -2.61. The summed E-state index contributed by atoms with van der Waals surface area (Å²) in [6.45, 7) is 5.99. The van der Waals surface area contributed by atoms with Gasteiger partial charge in [-0.15, -0.1) is 10.2 Å². The second-order valence-electron chi connectivity index (χ2n) is 8.70. The van der Waals surface area contributed by atoms with E-state index in [1.54, 1.807) is 28.6 Å². The molecule has 192 valence electrons. The summed E-state index contributed by atoms with van der Waals surface area (Å²) in [6, 6.07) is 11.2. The summed E-state index contributed by atoms with van der Waals surface area (Å²) in [4.78, 5) is 6.84. The van der Waals surface area contributed by atoms with Crippen LogP contribution in [0.2, 0.25) is 5.02 Å². The van der Waals surface area contributed by atoms with Crippen molar-refractivity contribution < 1.29 is 22.1 Å². The van der Waals surface area contributed by atoms with Crippen molar-refractivity contribution in [2.45, 2.75) is 32.0 Å². The minimum Gasteiger partial charge on any atom is -0.415 e. The van der Waals surface area contributed by atoms with E-state index < -0.39 is 23.5 Å². The first-order valence-corrected chi connectivity index (χ1v) is 12.9. The minimum absolute atomic E-state index is 0.0386. The SMILES string of the molecule is CC1CN(S(=O)N(Cc2ccc(-c3nnc(C(F)F)o3)cn2)c2cccc(Cl)c2)CCN1C1COC1. The Morgan fingerprint density at radius 2 is 2.06 bits per heavy atom. The molecule has 2 unspecified atom stereocenters. The Morgan fingerprint density at radius 3 is 2.67 bits per heavy atom. The zero-order chi connectivity index (χ0) is 25.2. The van der Waals surface area contributed by atoms with E-state index in [1.165, 1.54) is 6.20 Å². The van der Waals surface area contributed by atoms with Crippen molar-refractivity contribution in [1.82, 2.24) is 24.4 Å². The van der Waals surface area contributed by atoms with Crippen molar-refractivity contribution >= 4 is 28.5 Å². The highest BCUT2D eigenvalue weighted by Gasteiger charge is 2.36. The van der Waals surface area contributed by atoms with Crippen LogP contribution in [0, 0.1) is 0 Å². The standard InChI is InChI=1S/C23H25ClF2N6O3S/c1-15-11-30(7-8-31(15)20-13-34-14-20)36(33)32(19-4-2-3-17(24)9-19)12-18-6-5-16(10-27-18)22-28-29-23(35-22)21(25)26/h2-6,9-10,15,20-21H,7-8,11-14H2,1H3. The van der Waals surface area contributed by atoms with E-state index in [1.807, 2.05) is 16.4 Å². The third kappa shape index (κ3) is 5.42. The molecule has 2 aliphatic heterocycles. The van der Waals surface area contributed by atoms with Gasteiger partial charge < -0.3 is 9.15 Å². The Balaban J connectivity index is 1.34. The van der Waals surface area contributed by atoms with Gasteiger partial charge in [0.1, 0.15) is 0 Å². The lowest BCUT2D eigenvalue weighted by molar-refractivity contribution is -0.0870. The highest BCUT2D eigenvalue weighted by Crippen LogP contribution is 2.27. The summed E-state index contributed by atoms with van der Waals surface area (Å²) >= 11 is 4.75. The lowest BCUT2D eigenvalue weighted by atomic mass is 10.1. The van der Waals surface area contributed by atoms with Crippen LogP contribution in [-0.4, -0.2) is 73.5 Å². The number of hydrogen-bond donors (Lipinski definition) is 0. The van der Waals surface area contributed by atoms with Crippen LogP contribution in [0.15, 0.2) is 47.0 Å². The molecule has 36 heavy (non-hydrogen) atoms. The number of pyridine rings is 1. The van der Waals surface area contributed by atoms with E-state index in [-0.39, 0.29) is 18.5 Å². The van der Waals surface area contributed by atoms with Crippen LogP contribution in [0.1, 0.15) is 24.9 Å². The van der Waals surface area contributed by atoms with Crippen molar-refractivity contribution in [1.29, 1.82) is 0 Å². The van der Waals surface area contributed by atoms with E-state index in [9.17, 15) is 13.0 Å². The molecule has 13 heteroatoms. The smallest absolute Gasteiger partial charge is 0.314 e. The molecule has 4 heterocycles. The molecule has 0 radical (unpaired) electrons. The molecule has 2 aliphatic rings. The number of benzene rings is 1. The molecule has 5 rings (SSSR count). The van der Waals surface area contributed by atoms with Gasteiger partial charge in [-0.25, -0.2) is 8.51 Å². The monoisotopic (exact) mass is 538 g/mol. The zero-order valence-electron chi connectivity index (χ0n) is 19.5. The Morgan fingerprint density at radius 1 is 1.22 bits per heavy atom. The summed E-state index contributed by atoms with van der Waals surface area (Å²) in [5, 5.41) is 7.53. The van der Waals surface area contributed by atoms with Gasteiger partial charge in [0.05, 0.1) is 42.7 Å². The number of piperazine rings is 1. The van der Waals surface area contributed by atoms with Crippen molar-refractivity contribution in [3.63, 3.8) is 0 Å². The molecule has 2 saturated heterocycles. The number of halogens is 3. The van der Waals surface area contributed by atoms with Gasteiger partial charge >= 0.3 is 6.43 Å². The van der Waals surface area contributed by atoms with E-state index in [0.29, 0.717) is 41.1 Å². The first-order valence-electron chi connectivity index (χ1n) is 11.5. The number of hydrogen-bond acceptors (Lipinski definition) is 7. The number of rotatable bonds is 8. The molecular weight excluding hydrogens is 514 g/mol. The lowest BCUT2D eigenvalue weighted by Gasteiger charge is -2.46. The quantitative estimate of drug-likeness (QED) is 0.432. The highest BCUT2D eigenvalue weighted by molar-refractivity contribution is 7.84. The van der Waals surface area contributed by atoms with Crippen molar-refractivity contribution in [3.8, 4) is 11.5 Å². The van der Waals surface area contributed by atoms with Crippen LogP contribution in [-0.2, 0) is 22.5 Å². The van der Waals surface area contributed by atoms with Crippen LogP contribution in [0.4, 0.5) is 14.5 Å². The maximum absolute atomic E-state index is 13.8. The van der Waals surface area contributed by atoms with Crippen molar-refractivity contribution in [2.24, 2.45) is 0 Å². The molecule has 3 aromatic rings. The molecule has 0 N–H and O–H groups in total. The molecule has 0 saturated carbocycles. The van der Waals surface area contributed by atoms with Gasteiger partial charge in [-0.1, -0.05) is 17.7 Å². The van der Waals surface area contributed by atoms with Gasteiger partial charge in [0.2, 0.25) is 5.89 Å². The number of anilines is 1. The van der Waals surface area contributed by atoms with Gasteiger partial charge in [0, 0.05) is 36.9 Å². The van der Waals surface area contributed by atoms with Gasteiger partial charge in [-0.2, -0.15) is 8.78 Å². The molecule has 2 atom stereocenters. The summed E-state index contributed by atoms with van der Waals surface area (Å²) < 4.78 is 53.4. The van der Waals surface area contributed by atoms with Crippen LogP contribution < -0.4 is 4.31 Å². The summed E-state index contributed by atoms with van der Waals surface area (Å²) in [5.41, 5.74) is 1.74. The number of nitrogens with zero attached hydrogens (tertiary/aromatic N) is 6. The maximum Gasteiger partial charge on any atom is 0.314 e. The molecule has 0 amide bonds. The van der Waals surface area contributed by atoms with E-state index in [0.717, 1.165) is 19.8 Å². The second kappa shape index (κ2) is 10.9. The molecule has 0 spiro atoms. The molecule has 9 nitrogen and oxygen atoms in total. The topological polar surface area (TPSA) is 87.8 Å². The fourth-order valence-electron chi connectivity index (χ4n) is 4.28. The predicted octanol–water partition coefficient (Wildman–Crippen LogP) is 3.71. The van der Waals surface area contributed by atoms with Gasteiger partial charge in [0.15, 0.2) is 11.2 Å². The van der Waals surface area contributed by atoms with Gasteiger partial charge in [0.25, 0.3) is 5.89 Å². The van der Waals surface area contributed by atoms with Gasteiger partial charge in [-0.05, 0) is 37.3 Å². The summed E-state index contributed by atoms with van der Waals surface area (Å²) in [5.74, 6) is -0.779. The molecule has 0 aliphatic carbocycles. The Labute approximate surface area is 214 Å². The highest BCUT2D eigenvalue weighted by atomic mass is 35.5. The minimum atomic E-state index is -2.84. The first kappa shape index (κ1) is 25.2. The van der Waals surface area contributed by atoms with Crippen LogP contribution >= 0.6 is 11.6 Å². The Bertz CT molecular complexity index is 1210. The largest absolute Gasteiger partial charge is 0.415 e. The van der Waals surface area contributed by atoms with E-state index in [2.05, 4.69) is 27.0 Å². The fourth-order valence-corrected chi connectivity index (χ4v) is 5.86. The van der Waals surface area contributed by atoms with Crippen LogP contribution in [0.5, 0.6) is 0 Å². The maximum atomic E-state index is 13.8. The Kier molecular flexibility index (Phi) is 7.58. The van der Waals surface area contributed by atoms with E-state index >= 15 is 0 Å².